The van der Waals surface area contributed by atoms with Crippen LogP contribution in [0.5, 0.6) is 0 Å². The summed E-state index contributed by atoms with van der Waals surface area (Å²) in [7, 11) is 1.68. The van der Waals surface area contributed by atoms with Crippen LogP contribution in [0, 0.1) is 17.1 Å². The number of hydrogen-bond acceptors (Lipinski definition) is 2. The predicted octanol–water partition coefficient (Wildman–Crippen LogP) is 3.18. The predicted molar refractivity (Wildman–Crippen MR) is 100 cm³/mol. The fraction of sp³-hybridized carbons (Fsp3) is 0.176. The van der Waals surface area contributed by atoms with Crippen molar-refractivity contribution < 1.29 is 4.39 Å². The summed E-state index contributed by atoms with van der Waals surface area (Å²) < 4.78 is 13.1. The van der Waals surface area contributed by atoms with Gasteiger partial charge in [-0.05, 0) is 35.4 Å². The molecule has 0 spiro atoms. The van der Waals surface area contributed by atoms with Gasteiger partial charge in [-0.25, -0.2) is 4.39 Å². The molecule has 0 aromatic heterocycles. The van der Waals surface area contributed by atoms with Crippen molar-refractivity contribution in [3.8, 4) is 6.07 Å². The third-order valence-corrected chi connectivity index (χ3v) is 3.12. The summed E-state index contributed by atoms with van der Waals surface area (Å²) >= 11 is 0. The van der Waals surface area contributed by atoms with Gasteiger partial charge in [0.05, 0.1) is 11.6 Å². The lowest BCUT2D eigenvalue weighted by Gasteiger charge is -2.12. The molecule has 0 aliphatic carbocycles. The van der Waals surface area contributed by atoms with Gasteiger partial charge in [0.1, 0.15) is 5.82 Å². The average molecular weight is 424 g/mol. The lowest BCUT2D eigenvalue weighted by molar-refractivity contribution is 0.624. The number of aliphatic imine (C=N–C) groups is 1. The van der Waals surface area contributed by atoms with Crippen LogP contribution in [-0.4, -0.2) is 13.0 Å². The summed E-state index contributed by atoms with van der Waals surface area (Å²) in [5.41, 5.74) is 2.53. The summed E-state index contributed by atoms with van der Waals surface area (Å²) in [6, 6.07) is 15.9. The standard InChI is InChI=1S/C17H17FN4.HI/c1-20-17(22-12-15-3-2-4-16(18)9-15)21-11-14-7-5-13(10-19)6-8-14;/h2-9H,11-12H2,1H3,(H2,20,21,22);1H. The molecule has 0 bridgehead atoms. The largest absolute Gasteiger partial charge is 0.352 e. The molecule has 2 N–H and O–H groups in total. The number of halogens is 2. The van der Waals surface area contributed by atoms with Crippen molar-refractivity contribution in [1.82, 2.24) is 10.6 Å². The highest BCUT2D eigenvalue weighted by molar-refractivity contribution is 14.0. The highest BCUT2D eigenvalue weighted by Gasteiger charge is 2.00. The van der Waals surface area contributed by atoms with Gasteiger partial charge >= 0.3 is 0 Å². The molecule has 0 atom stereocenters. The molecule has 0 amide bonds. The first kappa shape index (κ1) is 18.9. The van der Waals surface area contributed by atoms with Crippen molar-refractivity contribution in [3.05, 3.63) is 71.0 Å². The summed E-state index contributed by atoms with van der Waals surface area (Å²) in [6.45, 7) is 1.08. The van der Waals surface area contributed by atoms with E-state index in [9.17, 15) is 4.39 Å². The van der Waals surface area contributed by atoms with Gasteiger partial charge in [0.15, 0.2) is 5.96 Å². The number of guanidine groups is 1. The lowest BCUT2D eigenvalue weighted by atomic mass is 10.1. The Bertz CT molecular complexity index is 692. The van der Waals surface area contributed by atoms with Crippen LogP contribution >= 0.6 is 24.0 Å². The topological polar surface area (TPSA) is 60.2 Å². The van der Waals surface area contributed by atoms with Crippen LogP contribution < -0.4 is 10.6 Å². The van der Waals surface area contributed by atoms with E-state index in [4.69, 9.17) is 5.26 Å². The smallest absolute Gasteiger partial charge is 0.191 e. The third-order valence-electron chi connectivity index (χ3n) is 3.12. The van der Waals surface area contributed by atoms with Gasteiger partial charge in [0.2, 0.25) is 0 Å². The van der Waals surface area contributed by atoms with E-state index in [2.05, 4.69) is 21.7 Å². The Labute approximate surface area is 152 Å². The van der Waals surface area contributed by atoms with Crippen LogP contribution in [0.2, 0.25) is 0 Å². The van der Waals surface area contributed by atoms with Crippen molar-refractivity contribution in [3.63, 3.8) is 0 Å². The second-order valence-corrected chi connectivity index (χ2v) is 4.72. The molecule has 0 fully saturated rings. The molecular formula is C17H18FIN4. The Balaban J connectivity index is 0.00000264. The molecule has 0 radical (unpaired) electrons. The molecule has 0 unspecified atom stereocenters. The quantitative estimate of drug-likeness (QED) is 0.451. The van der Waals surface area contributed by atoms with Gasteiger partial charge < -0.3 is 10.6 Å². The SMILES string of the molecule is CN=C(NCc1ccc(C#N)cc1)NCc1cccc(F)c1.I. The summed E-state index contributed by atoms with van der Waals surface area (Å²) in [4.78, 5) is 4.12. The first-order chi connectivity index (χ1) is 10.7. The Morgan fingerprint density at radius 2 is 1.74 bits per heavy atom. The number of benzene rings is 2. The van der Waals surface area contributed by atoms with Gasteiger partial charge in [-0.15, -0.1) is 24.0 Å². The van der Waals surface area contributed by atoms with E-state index in [0.29, 0.717) is 24.6 Å². The van der Waals surface area contributed by atoms with E-state index in [1.807, 2.05) is 18.2 Å². The zero-order chi connectivity index (χ0) is 15.8. The molecule has 0 heterocycles. The molecule has 0 aliphatic heterocycles. The monoisotopic (exact) mass is 424 g/mol. The minimum absolute atomic E-state index is 0. The molecule has 120 valence electrons. The molecule has 0 aliphatic rings. The van der Waals surface area contributed by atoms with Crippen molar-refractivity contribution in [1.29, 1.82) is 5.26 Å². The second kappa shape index (κ2) is 9.79. The number of nitrogens with one attached hydrogen (secondary N) is 2. The zero-order valence-corrected chi connectivity index (χ0v) is 15.0. The Morgan fingerprint density at radius 1 is 1.09 bits per heavy atom. The first-order valence-electron chi connectivity index (χ1n) is 6.89. The van der Waals surface area contributed by atoms with E-state index in [1.54, 1.807) is 25.2 Å². The minimum Gasteiger partial charge on any atom is -0.352 e. The van der Waals surface area contributed by atoms with Crippen LogP contribution in [0.4, 0.5) is 4.39 Å². The van der Waals surface area contributed by atoms with E-state index in [1.165, 1.54) is 12.1 Å². The maximum absolute atomic E-state index is 13.1. The zero-order valence-electron chi connectivity index (χ0n) is 12.7. The van der Waals surface area contributed by atoms with Crippen molar-refractivity contribution in [2.75, 3.05) is 7.05 Å². The van der Waals surface area contributed by atoms with Crippen molar-refractivity contribution >= 4 is 29.9 Å². The van der Waals surface area contributed by atoms with E-state index in [0.717, 1.165) is 11.1 Å². The molecule has 23 heavy (non-hydrogen) atoms. The van der Waals surface area contributed by atoms with E-state index >= 15 is 0 Å². The molecule has 2 aromatic rings. The minimum atomic E-state index is -0.250. The average Bonchev–Trinajstić information content (AvgIpc) is 2.55. The van der Waals surface area contributed by atoms with E-state index in [-0.39, 0.29) is 29.8 Å². The van der Waals surface area contributed by atoms with Crippen LogP contribution in [0.25, 0.3) is 0 Å². The molecule has 0 saturated carbocycles. The van der Waals surface area contributed by atoms with Crippen molar-refractivity contribution in [2.45, 2.75) is 13.1 Å². The Kier molecular flexibility index (Phi) is 8.05. The fourth-order valence-corrected chi connectivity index (χ4v) is 1.94. The summed E-state index contributed by atoms with van der Waals surface area (Å²) in [5.74, 6) is 0.383. The van der Waals surface area contributed by atoms with Gasteiger partial charge in [-0.1, -0.05) is 24.3 Å². The Hall–Kier alpha value is -2.14. The highest BCUT2D eigenvalue weighted by atomic mass is 127. The normalized spacial score (nSPS) is 10.4. The molecule has 2 rings (SSSR count). The van der Waals surface area contributed by atoms with Gasteiger partial charge in [0.25, 0.3) is 0 Å². The first-order valence-corrected chi connectivity index (χ1v) is 6.89. The van der Waals surface area contributed by atoms with Crippen LogP contribution in [0.15, 0.2) is 53.5 Å². The number of nitrogens with zero attached hydrogens (tertiary/aromatic N) is 2. The van der Waals surface area contributed by atoms with Gasteiger partial charge in [0, 0.05) is 20.1 Å². The molecular weight excluding hydrogens is 406 g/mol. The summed E-state index contributed by atoms with van der Waals surface area (Å²) in [6.07, 6.45) is 0. The fourth-order valence-electron chi connectivity index (χ4n) is 1.94. The number of hydrogen-bond donors (Lipinski definition) is 2. The van der Waals surface area contributed by atoms with Crippen LogP contribution in [-0.2, 0) is 13.1 Å². The number of rotatable bonds is 4. The molecule has 4 nitrogen and oxygen atoms in total. The maximum Gasteiger partial charge on any atom is 0.191 e. The van der Waals surface area contributed by atoms with Gasteiger partial charge in [-0.2, -0.15) is 5.26 Å². The highest BCUT2D eigenvalue weighted by Crippen LogP contribution is 2.04. The second-order valence-electron chi connectivity index (χ2n) is 4.72. The number of nitriles is 1. The van der Waals surface area contributed by atoms with E-state index < -0.39 is 0 Å². The molecule has 2 aromatic carbocycles. The van der Waals surface area contributed by atoms with Crippen molar-refractivity contribution in [2.24, 2.45) is 4.99 Å². The summed E-state index contributed by atoms with van der Waals surface area (Å²) in [5, 5.41) is 15.1. The van der Waals surface area contributed by atoms with Gasteiger partial charge in [-0.3, -0.25) is 4.99 Å². The Morgan fingerprint density at radius 3 is 2.30 bits per heavy atom. The van der Waals surface area contributed by atoms with Crippen LogP contribution in [0.3, 0.4) is 0 Å². The molecule has 6 heteroatoms. The third kappa shape index (κ3) is 6.24. The molecule has 0 saturated heterocycles. The maximum atomic E-state index is 13.1. The van der Waals surface area contributed by atoms with Crippen LogP contribution in [0.1, 0.15) is 16.7 Å². The lowest BCUT2D eigenvalue weighted by Crippen LogP contribution is -2.36.